The largest absolute Gasteiger partial charge is 0.451 e. The second-order valence-electron chi connectivity index (χ2n) is 5.17. The average Bonchev–Trinajstić information content (AvgIpc) is 2.94. The van der Waals surface area contributed by atoms with E-state index in [1.165, 1.54) is 0 Å². The summed E-state index contributed by atoms with van der Waals surface area (Å²) in [6, 6.07) is 5.84. The third kappa shape index (κ3) is 3.29. The molecule has 3 unspecified atom stereocenters. The predicted molar refractivity (Wildman–Crippen MR) is 87.1 cm³/mol. The molecule has 6 nitrogen and oxygen atoms in total. The Morgan fingerprint density at radius 3 is 2.59 bits per heavy atom. The molecule has 1 aliphatic rings. The molecule has 8 heteroatoms. The van der Waals surface area contributed by atoms with E-state index < -0.39 is 17.5 Å². The Kier molecular flexibility index (Phi) is 5.15. The SMILES string of the molecule is Cc1ccc(C2=NOC(CC(=O)OP)(C(=O)OP)C2)cc1C. The first-order chi connectivity index (χ1) is 10.4. The minimum absolute atomic E-state index is 0.141. The molecule has 1 aromatic rings. The van der Waals surface area contributed by atoms with Crippen molar-refractivity contribution in [3.05, 3.63) is 34.9 Å². The lowest BCUT2D eigenvalue weighted by molar-refractivity contribution is -0.164. The van der Waals surface area contributed by atoms with E-state index >= 15 is 0 Å². The second kappa shape index (κ2) is 6.72. The molecule has 0 aliphatic carbocycles. The lowest BCUT2D eigenvalue weighted by Gasteiger charge is -2.21. The van der Waals surface area contributed by atoms with Crippen molar-refractivity contribution in [2.24, 2.45) is 5.16 Å². The fraction of sp³-hybridized carbons (Fsp3) is 0.357. The number of hydrogen-bond donors (Lipinski definition) is 0. The fourth-order valence-corrected chi connectivity index (χ4v) is 2.51. The molecule has 1 aliphatic heterocycles. The van der Waals surface area contributed by atoms with Crippen molar-refractivity contribution < 1.29 is 23.5 Å². The van der Waals surface area contributed by atoms with E-state index in [0.717, 1.165) is 16.7 Å². The van der Waals surface area contributed by atoms with Crippen molar-refractivity contribution in [1.82, 2.24) is 0 Å². The second-order valence-corrected chi connectivity index (χ2v) is 5.64. The van der Waals surface area contributed by atoms with Crippen molar-refractivity contribution in [2.45, 2.75) is 32.3 Å². The molecule has 2 rings (SSSR count). The molecular weight excluding hydrogens is 324 g/mol. The highest BCUT2D eigenvalue weighted by atomic mass is 31.0. The first-order valence-electron chi connectivity index (χ1n) is 6.55. The van der Waals surface area contributed by atoms with Gasteiger partial charge in [-0.05, 0) is 36.6 Å². The molecule has 3 atom stereocenters. The molecule has 0 fully saturated rings. The van der Waals surface area contributed by atoms with Crippen molar-refractivity contribution >= 4 is 36.6 Å². The smallest absolute Gasteiger partial charge is 0.356 e. The van der Waals surface area contributed by atoms with Gasteiger partial charge in [0.1, 0.15) is 0 Å². The lowest BCUT2D eigenvalue weighted by Crippen LogP contribution is -2.41. The Hall–Kier alpha value is -1.51. The maximum absolute atomic E-state index is 12.0. The van der Waals surface area contributed by atoms with Gasteiger partial charge >= 0.3 is 11.9 Å². The van der Waals surface area contributed by atoms with Crippen LogP contribution in [0.2, 0.25) is 0 Å². The van der Waals surface area contributed by atoms with Crippen LogP contribution in [0.1, 0.15) is 29.5 Å². The number of oxime groups is 1. The molecule has 0 bridgehead atoms. The molecule has 0 aromatic heterocycles. The Balaban J connectivity index is 2.26. The molecule has 1 heterocycles. The molecular formula is C14H17NO5P2. The Labute approximate surface area is 133 Å². The van der Waals surface area contributed by atoms with Gasteiger partial charge in [-0.3, -0.25) is 4.79 Å². The minimum atomic E-state index is -1.48. The summed E-state index contributed by atoms with van der Waals surface area (Å²) in [4.78, 5) is 28.9. The first-order valence-corrected chi connectivity index (χ1v) is 7.49. The number of nitrogens with zero attached hydrogens (tertiary/aromatic N) is 1. The quantitative estimate of drug-likeness (QED) is 0.785. The summed E-state index contributed by atoms with van der Waals surface area (Å²) in [6.45, 7) is 4.00. The van der Waals surface area contributed by atoms with E-state index in [1.807, 2.05) is 51.0 Å². The summed E-state index contributed by atoms with van der Waals surface area (Å²) in [6.07, 6.45) is -0.135. The minimum Gasteiger partial charge on any atom is -0.451 e. The van der Waals surface area contributed by atoms with Crippen LogP contribution in [0.5, 0.6) is 0 Å². The number of rotatable bonds is 4. The highest BCUT2D eigenvalue weighted by Gasteiger charge is 2.50. The molecule has 0 amide bonds. The van der Waals surface area contributed by atoms with Crippen LogP contribution in [-0.2, 0) is 23.5 Å². The topological polar surface area (TPSA) is 74.2 Å². The van der Waals surface area contributed by atoms with E-state index in [-0.39, 0.29) is 12.8 Å². The predicted octanol–water partition coefficient (Wildman–Crippen LogP) is 2.22. The average molecular weight is 341 g/mol. The summed E-state index contributed by atoms with van der Waals surface area (Å²) in [5.41, 5.74) is 2.22. The van der Waals surface area contributed by atoms with Crippen LogP contribution in [0.3, 0.4) is 0 Å². The van der Waals surface area contributed by atoms with Crippen LogP contribution in [0, 0.1) is 13.8 Å². The van der Waals surface area contributed by atoms with Gasteiger partial charge in [0.15, 0.2) is 0 Å². The summed E-state index contributed by atoms with van der Waals surface area (Å²) >= 11 is 0. The Morgan fingerprint density at radius 2 is 2.00 bits per heavy atom. The molecule has 0 spiro atoms. The van der Waals surface area contributed by atoms with E-state index in [0.29, 0.717) is 5.71 Å². The normalized spacial score (nSPS) is 20.1. The van der Waals surface area contributed by atoms with Crippen LogP contribution >= 0.6 is 18.9 Å². The first kappa shape index (κ1) is 16.9. The third-order valence-corrected chi connectivity index (χ3v) is 4.14. The van der Waals surface area contributed by atoms with E-state index in [9.17, 15) is 9.59 Å². The van der Waals surface area contributed by atoms with E-state index in [2.05, 4.69) is 14.2 Å². The van der Waals surface area contributed by atoms with Crippen molar-refractivity contribution in [2.75, 3.05) is 0 Å². The lowest BCUT2D eigenvalue weighted by atomic mass is 9.90. The molecule has 118 valence electrons. The number of benzene rings is 1. The Morgan fingerprint density at radius 1 is 1.27 bits per heavy atom. The molecule has 0 N–H and O–H groups in total. The number of aryl methyl sites for hydroxylation is 2. The molecule has 22 heavy (non-hydrogen) atoms. The van der Waals surface area contributed by atoms with Crippen LogP contribution in [0.25, 0.3) is 0 Å². The zero-order chi connectivity index (χ0) is 16.3. The van der Waals surface area contributed by atoms with Gasteiger partial charge in [-0.1, -0.05) is 17.3 Å². The van der Waals surface area contributed by atoms with E-state index in [4.69, 9.17) is 4.84 Å². The summed E-state index contributed by atoms with van der Waals surface area (Å²) in [5.74, 6) is -1.28. The molecule has 0 radical (unpaired) electrons. The zero-order valence-electron chi connectivity index (χ0n) is 12.3. The maximum atomic E-state index is 12.0. The number of carbonyl (C=O) groups is 2. The van der Waals surface area contributed by atoms with Gasteiger partial charge in [0.25, 0.3) is 0 Å². The van der Waals surface area contributed by atoms with Crippen LogP contribution in [-0.4, -0.2) is 23.3 Å². The van der Waals surface area contributed by atoms with Gasteiger partial charge in [-0.25, -0.2) is 4.79 Å². The van der Waals surface area contributed by atoms with Gasteiger partial charge in [-0.2, -0.15) is 0 Å². The molecule has 0 saturated heterocycles. The fourth-order valence-electron chi connectivity index (χ4n) is 2.21. The maximum Gasteiger partial charge on any atom is 0.356 e. The summed E-state index contributed by atoms with van der Waals surface area (Å²) in [5, 5.41) is 3.98. The van der Waals surface area contributed by atoms with Gasteiger partial charge < -0.3 is 13.9 Å². The third-order valence-electron chi connectivity index (χ3n) is 3.66. The highest BCUT2D eigenvalue weighted by molar-refractivity contribution is 7.11. The number of hydrogen-bond acceptors (Lipinski definition) is 6. The van der Waals surface area contributed by atoms with Crippen LogP contribution in [0.4, 0.5) is 0 Å². The van der Waals surface area contributed by atoms with Gasteiger partial charge in [0, 0.05) is 6.42 Å². The number of carbonyl (C=O) groups excluding carboxylic acids is 2. The van der Waals surface area contributed by atoms with Gasteiger partial charge in [0.05, 0.1) is 31.1 Å². The summed E-state index contributed by atoms with van der Waals surface area (Å²) < 4.78 is 9.21. The van der Waals surface area contributed by atoms with Gasteiger partial charge in [0.2, 0.25) is 5.60 Å². The van der Waals surface area contributed by atoms with Crippen LogP contribution in [0.15, 0.2) is 23.4 Å². The molecule has 1 aromatic carbocycles. The standard InChI is InChI=1S/C14H17NO5P2/c1-8-3-4-10(5-9(8)2)11-6-14(20-15-11,13(17)19-22)7-12(16)18-21/h3-5H,6-7,21-22H2,1-2H3. The Bertz CT molecular complexity index is 646. The zero-order valence-corrected chi connectivity index (χ0v) is 14.6. The van der Waals surface area contributed by atoms with Crippen molar-refractivity contribution in [1.29, 1.82) is 0 Å². The summed E-state index contributed by atoms with van der Waals surface area (Å²) in [7, 11) is 3.71. The van der Waals surface area contributed by atoms with Crippen molar-refractivity contribution in [3.63, 3.8) is 0 Å². The van der Waals surface area contributed by atoms with E-state index in [1.54, 1.807) is 0 Å². The van der Waals surface area contributed by atoms with Crippen LogP contribution < -0.4 is 0 Å². The molecule has 0 saturated carbocycles. The van der Waals surface area contributed by atoms with Crippen molar-refractivity contribution in [3.8, 4) is 0 Å². The van der Waals surface area contributed by atoms with Gasteiger partial charge in [-0.15, -0.1) is 0 Å². The monoisotopic (exact) mass is 341 g/mol. The highest BCUT2D eigenvalue weighted by Crippen LogP contribution is 2.33.